The molecule has 3 heteroatoms. The molecule has 0 saturated heterocycles. The van der Waals surface area contributed by atoms with Gasteiger partial charge in [0.25, 0.3) is 0 Å². The lowest BCUT2D eigenvalue weighted by Gasteiger charge is -2.10. The van der Waals surface area contributed by atoms with Gasteiger partial charge in [-0.05, 0) is 60.9 Å². The van der Waals surface area contributed by atoms with Crippen LogP contribution in [-0.2, 0) is 0 Å². The van der Waals surface area contributed by atoms with Crippen molar-refractivity contribution in [3.8, 4) is 11.1 Å². The topological polar surface area (TPSA) is 17.1 Å². The molecule has 1 nitrogen and oxygen atoms in total. The molecule has 0 spiro atoms. The first-order chi connectivity index (χ1) is 8.49. The second kappa shape index (κ2) is 4.69. The molecule has 0 N–H and O–H groups in total. The summed E-state index contributed by atoms with van der Waals surface area (Å²) in [5, 5.41) is 0. The van der Waals surface area contributed by atoms with Crippen molar-refractivity contribution in [2.45, 2.75) is 13.8 Å². The van der Waals surface area contributed by atoms with E-state index in [4.69, 9.17) is 0 Å². The molecule has 0 bridgehead atoms. The highest BCUT2D eigenvalue weighted by atomic mass is 19.1. The quantitative estimate of drug-likeness (QED) is 0.728. The third-order valence-corrected chi connectivity index (χ3v) is 2.84. The molecule has 0 aliphatic carbocycles. The normalized spacial score (nSPS) is 10.4. The largest absolute Gasteiger partial charge is 0.294 e. The van der Waals surface area contributed by atoms with Gasteiger partial charge in [0.1, 0.15) is 11.6 Å². The molecule has 0 aliphatic rings. The third-order valence-electron chi connectivity index (χ3n) is 2.84. The van der Waals surface area contributed by atoms with E-state index in [-0.39, 0.29) is 11.6 Å². The molecule has 0 aliphatic heterocycles. The van der Waals surface area contributed by atoms with Gasteiger partial charge in [0.2, 0.25) is 0 Å². The predicted octanol–water partition coefficient (Wildman–Crippen LogP) is 4.14. The molecule has 18 heavy (non-hydrogen) atoms. The van der Waals surface area contributed by atoms with Crippen molar-refractivity contribution >= 4 is 5.78 Å². The summed E-state index contributed by atoms with van der Waals surface area (Å²) in [6.07, 6.45) is 0. The van der Waals surface area contributed by atoms with Gasteiger partial charge in [0, 0.05) is 5.56 Å². The fraction of sp³-hybridized carbons (Fsp3) is 0.133. The van der Waals surface area contributed by atoms with Gasteiger partial charge in [-0.15, -0.1) is 0 Å². The summed E-state index contributed by atoms with van der Waals surface area (Å²) in [6.45, 7) is 3.16. The van der Waals surface area contributed by atoms with Gasteiger partial charge in [-0.3, -0.25) is 4.79 Å². The molecule has 0 amide bonds. The van der Waals surface area contributed by atoms with Crippen LogP contribution in [0.5, 0.6) is 0 Å². The molecule has 0 unspecified atom stereocenters. The Morgan fingerprint density at radius 2 is 1.56 bits per heavy atom. The monoisotopic (exact) mass is 246 g/mol. The van der Waals surface area contributed by atoms with Crippen LogP contribution < -0.4 is 0 Å². The van der Waals surface area contributed by atoms with Crippen LogP contribution in [0.25, 0.3) is 11.1 Å². The second-order valence-corrected chi connectivity index (χ2v) is 4.21. The standard InChI is InChI=1S/C15H12F2O/c1-9-7-11(16)3-5-13(9)15-8-12(17)4-6-14(15)10(2)18/h3-8H,1-2H3. The average molecular weight is 246 g/mol. The fourth-order valence-corrected chi connectivity index (χ4v) is 1.98. The van der Waals surface area contributed by atoms with Gasteiger partial charge in [-0.2, -0.15) is 0 Å². The highest BCUT2D eigenvalue weighted by Gasteiger charge is 2.12. The lowest BCUT2D eigenvalue weighted by atomic mass is 9.94. The maximum atomic E-state index is 13.3. The number of benzene rings is 2. The number of ketones is 1. The Morgan fingerprint density at radius 3 is 2.17 bits per heavy atom. The fourth-order valence-electron chi connectivity index (χ4n) is 1.98. The number of halogens is 2. The zero-order valence-electron chi connectivity index (χ0n) is 10.1. The van der Waals surface area contributed by atoms with Crippen molar-refractivity contribution in [2.24, 2.45) is 0 Å². The lowest BCUT2D eigenvalue weighted by Crippen LogP contribution is -1.98. The maximum Gasteiger partial charge on any atom is 0.160 e. The summed E-state index contributed by atoms with van der Waals surface area (Å²) >= 11 is 0. The number of carbonyl (C=O) groups is 1. The van der Waals surface area contributed by atoms with Gasteiger partial charge in [0.15, 0.2) is 5.78 Å². The zero-order chi connectivity index (χ0) is 13.3. The number of carbonyl (C=O) groups excluding carboxylic acids is 1. The van der Waals surface area contributed by atoms with Crippen LogP contribution in [-0.4, -0.2) is 5.78 Å². The van der Waals surface area contributed by atoms with Gasteiger partial charge in [0.05, 0.1) is 0 Å². The highest BCUT2D eigenvalue weighted by Crippen LogP contribution is 2.28. The summed E-state index contributed by atoms with van der Waals surface area (Å²) in [4.78, 5) is 11.5. The van der Waals surface area contributed by atoms with Crippen molar-refractivity contribution in [3.63, 3.8) is 0 Å². The van der Waals surface area contributed by atoms with E-state index >= 15 is 0 Å². The van der Waals surface area contributed by atoms with Crippen LogP contribution in [0.4, 0.5) is 8.78 Å². The van der Waals surface area contributed by atoms with Gasteiger partial charge in [-0.1, -0.05) is 6.07 Å². The SMILES string of the molecule is CC(=O)c1ccc(F)cc1-c1ccc(F)cc1C. The summed E-state index contributed by atoms with van der Waals surface area (Å²) < 4.78 is 26.4. The Balaban J connectivity index is 2.69. The molecule has 0 atom stereocenters. The van der Waals surface area contributed by atoms with Gasteiger partial charge in [-0.25, -0.2) is 8.78 Å². The van der Waals surface area contributed by atoms with Crippen LogP contribution in [0.3, 0.4) is 0 Å². The maximum absolute atomic E-state index is 13.3. The minimum Gasteiger partial charge on any atom is -0.294 e. The zero-order valence-corrected chi connectivity index (χ0v) is 10.1. The molecule has 92 valence electrons. The number of rotatable bonds is 2. The second-order valence-electron chi connectivity index (χ2n) is 4.21. The van der Waals surface area contributed by atoms with E-state index in [0.29, 0.717) is 22.3 Å². The molecule has 0 saturated carbocycles. The van der Waals surface area contributed by atoms with Crippen LogP contribution >= 0.6 is 0 Å². The number of hydrogen-bond donors (Lipinski definition) is 0. The minimum absolute atomic E-state index is 0.145. The lowest BCUT2D eigenvalue weighted by molar-refractivity contribution is 0.101. The predicted molar refractivity (Wildman–Crippen MR) is 66.5 cm³/mol. The Labute approximate surface area is 104 Å². The highest BCUT2D eigenvalue weighted by molar-refractivity contribution is 6.01. The van der Waals surface area contributed by atoms with Crippen molar-refractivity contribution in [1.29, 1.82) is 0 Å². The van der Waals surface area contributed by atoms with Gasteiger partial charge >= 0.3 is 0 Å². The molecule has 0 radical (unpaired) electrons. The first-order valence-corrected chi connectivity index (χ1v) is 5.56. The van der Waals surface area contributed by atoms with Crippen molar-refractivity contribution < 1.29 is 13.6 Å². The molecular weight excluding hydrogens is 234 g/mol. The Morgan fingerprint density at radius 1 is 0.944 bits per heavy atom. The van der Waals surface area contributed by atoms with E-state index in [1.165, 1.54) is 37.3 Å². The van der Waals surface area contributed by atoms with Crippen molar-refractivity contribution in [3.05, 3.63) is 59.2 Å². The van der Waals surface area contributed by atoms with Crippen LogP contribution in [0.15, 0.2) is 36.4 Å². The summed E-state index contributed by atoms with van der Waals surface area (Å²) in [5.41, 5.74) is 2.27. The Hall–Kier alpha value is -2.03. The average Bonchev–Trinajstić information content (AvgIpc) is 2.28. The van der Waals surface area contributed by atoms with E-state index in [0.717, 1.165) is 0 Å². The number of Topliss-reactive ketones (excluding diaryl/α,β-unsaturated/α-hetero) is 1. The molecular formula is C15H12F2O. The summed E-state index contributed by atoms with van der Waals surface area (Å²) in [6, 6.07) is 8.24. The van der Waals surface area contributed by atoms with Crippen molar-refractivity contribution in [2.75, 3.05) is 0 Å². The van der Waals surface area contributed by atoms with E-state index in [9.17, 15) is 13.6 Å². The van der Waals surface area contributed by atoms with Crippen LogP contribution in [0.2, 0.25) is 0 Å². The first kappa shape index (κ1) is 12.4. The number of aryl methyl sites for hydroxylation is 1. The van der Waals surface area contributed by atoms with E-state index in [1.807, 2.05) is 0 Å². The van der Waals surface area contributed by atoms with E-state index in [2.05, 4.69) is 0 Å². The van der Waals surface area contributed by atoms with Gasteiger partial charge < -0.3 is 0 Å². The summed E-state index contributed by atoms with van der Waals surface area (Å²) in [5.74, 6) is -0.913. The molecule has 2 rings (SSSR count). The van der Waals surface area contributed by atoms with Crippen LogP contribution in [0.1, 0.15) is 22.8 Å². The smallest absolute Gasteiger partial charge is 0.160 e. The molecule has 2 aromatic carbocycles. The van der Waals surface area contributed by atoms with Crippen LogP contribution in [0, 0.1) is 18.6 Å². The molecule has 2 aromatic rings. The van der Waals surface area contributed by atoms with E-state index < -0.39 is 5.82 Å². The number of hydrogen-bond acceptors (Lipinski definition) is 1. The molecule has 0 fully saturated rings. The minimum atomic E-state index is -0.418. The molecule has 0 heterocycles. The molecule has 0 aromatic heterocycles. The Kier molecular flexibility index (Phi) is 3.24. The van der Waals surface area contributed by atoms with E-state index in [1.54, 1.807) is 13.0 Å². The van der Waals surface area contributed by atoms with Crippen molar-refractivity contribution in [1.82, 2.24) is 0 Å². The first-order valence-electron chi connectivity index (χ1n) is 5.56. The Bertz CT molecular complexity index is 618. The third kappa shape index (κ3) is 2.30. The summed E-state index contributed by atoms with van der Waals surface area (Å²) in [7, 11) is 0.